The lowest BCUT2D eigenvalue weighted by Gasteiger charge is -2.27. The SMILES string of the molecule is COc1c(F)cccc1C(=O)N(C)C[C@H]1CCCCO1. The Bertz CT molecular complexity index is 472. The second kappa shape index (κ2) is 6.70. The van der Waals surface area contributed by atoms with E-state index in [1.807, 2.05) is 0 Å². The van der Waals surface area contributed by atoms with Gasteiger partial charge in [0, 0.05) is 20.2 Å². The van der Waals surface area contributed by atoms with E-state index in [9.17, 15) is 9.18 Å². The third-order valence-corrected chi connectivity index (χ3v) is 3.50. The molecule has 0 aliphatic carbocycles. The molecule has 20 heavy (non-hydrogen) atoms. The zero-order chi connectivity index (χ0) is 14.5. The van der Waals surface area contributed by atoms with Gasteiger partial charge in [0.05, 0.1) is 18.8 Å². The van der Waals surface area contributed by atoms with Gasteiger partial charge in [-0.2, -0.15) is 0 Å². The standard InChI is InChI=1S/C15H20FNO3/c1-17(10-11-6-3-4-9-20-11)15(18)12-7-5-8-13(16)14(12)19-2/h5,7-8,11H,3-4,6,9-10H2,1-2H3/t11-/m1/s1. The minimum Gasteiger partial charge on any atom is -0.493 e. The number of hydrogen-bond donors (Lipinski definition) is 0. The molecule has 1 atom stereocenters. The number of carbonyl (C=O) groups excluding carboxylic acids is 1. The predicted molar refractivity (Wildman–Crippen MR) is 73.5 cm³/mol. The Morgan fingerprint density at radius 1 is 1.50 bits per heavy atom. The molecule has 0 unspecified atom stereocenters. The Hall–Kier alpha value is -1.62. The van der Waals surface area contributed by atoms with Crippen LogP contribution in [0.3, 0.4) is 0 Å². The monoisotopic (exact) mass is 281 g/mol. The van der Waals surface area contributed by atoms with Gasteiger partial charge < -0.3 is 14.4 Å². The molecule has 0 bridgehead atoms. The lowest BCUT2D eigenvalue weighted by atomic mass is 10.1. The number of methoxy groups -OCH3 is 1. The molecule has 0 aromatic heterocycles. The smallest absolute Gasteiger partial charge is 0.257 e. The van der Waals surface area contributed by atoms with Gasteiger partial charge in [0.1, 0.15) is 0 Å². The van der Waals surface area contributed by atoms with Crippen molar-refractivity contribution in [3.05, 3.63) is 29.6 Å². The summed E-state index contributed by atoms with van der Waals surface area (Å²) in [5.41, 5.74) is 0.241. The van der Waals surface area contributed by atoms with Crippen LogP contribution in [0.2, 0.25) is 0 Å². The van der Waals surface area contributed by atoms with Gasteiger partial charge in [-0.15, -0.1) is 0 Å². The summed E-state index contributed by atoms with van der Waals surface area (Å²) in [4.78, 5) is 13.9. The second-order valence-electron chi connectivity index (χ2n) is 4.99. The molecule has 110 valence electrons. The zero-order valence-electron chi connectivity index (χ0n) is 11.9. The van der Waals surface area contributed by atoms with E-state index in [4.69, 9.17) is 9.47 Å². The summed E-state index contributed by atoms with van der Waals surface area (Å²) in [6.45, 7) is 1.26. The maximum Gasteiger partial charge on any atom is 0.257 e. The molecule has 1 aromatic rings. The highest BCUT2D eigenvalue weighted by Crippen LogP contribution is 2.24. The van der Waals surface area contributed by atoms with E-state index >= 15 is 0 Å². The van der Waals surface area contributed by atoms with Crippen LogP contribution in [-0.2, 0) is 4.74 Å². The fourth-order valence-corrected chi connectivity index (χ4v) is 2.43. The Morgan fingerprint density at radius 2 is 2.30 bits per heavy atom. The van der Waals surface area contributed by atoms with E-state index in [1.54, 1.807) is 18.0 Å². The van der Waals surface area contributed by atoms with Crippen LogP contribution in [0.5, 0.6) is 5.75 Å². The summed E-state index contributed by atoms with van der Waals surface area (Å²) in [5, 5.41) is 0. The number of ether oxygens (including phenoxy) is 2. The van der Waals surface area contributed by atoms with Gasteiger partial charge in [0.2, 0.25) is 0 Å². The Labute approximate surface area is 118 Å². The molecule has 1 heterocycles. The molecule has 1 aliphatic rings. The van der Waals surface area contributed by atoms with Crippen molar-refractivity contribution in [1.82, 2.24) is 4.90 Å². The van der Waals surface area contributed by atoms with Crippen molar-refractivity contribution in [3.8, 4) is 5.75 Å². The average molecular weight is 281 g/mol. The van der Waals surface area contributed by atoms with Crippen molar-refractivity contribution in [2.24, 2.45) is 0 Å². The maximum absolute atomic E-state index is 13.6. The molecule has 0 spiro atoms. The first-order chi connectivity index (χ1) is 9.63. The Kier molecular flexibility index (Phi) is 4.95. The minimum atomic E-state index is -0.527. The lowest BCUT2D eigenvalue weighted by molar-refractivity contribution is -0.000250. The third kappa shape index (κ3) is 3.28. The largest absolute Gasteiger partial charge is 0.493 e. The number of benzene rings is 1. The molecule has 1 amide bonds. The van der Waals surface area contributed by atoms with Crippen molar-refractivity contribution in [1.29, 1.82) is 0 Å². The molecular weight excluding hydrogens is 261 g/mol. The lowest BCUT2D eigenvalue weighted by Crippen LogP contribution is -2.37. The molecule has 1 aliphatic heterocycles. The van der Waals surface area contributed by atoms with Gasteiger partial charge in [-0.05, 0) is 31.4 Å². The Balaban J connectivity index is 2.08. The van der Waals surface area contributed by atoms with Gasteiger partial charge in [-0.25, -0.2) is 4.39 Å². The van der Waals surface area contributed by atoms with Gasteiger partial charge in [0.15, 0.2) is 11.6 Å². The number of likely N-dealkylation sites (N-methyl/N-ethyl adjacent to an activating group) is 1. The molecule has 0 N–H and O–H groups in total. The summed E-state index contributed by atoms with van der Waals surface area (Å²) in [7, 11) is 3.06. The third-order valence-electron chi connectivity index (χ3n) is 3.50. The highest BCUT2D eigenvalue weighted by molar-refractivity contribution is 5.96. The molecule has 0 saturated carbocycles. The zero-order valence-corrected chi connectivity index (χ0v) is 11.9. The van der Waals surface area contributed by atoms with Crippen molar-refractivity contribution in [2.75, 3.05) is 27.3 Å². The summed E-state index contributed by atoms with van der Waals surface area (Å²) in [6, 6.07) is 4.36. The first kappa shape index (κ1) is 14.8. The first-order valence-corrected chi connectivity index (χ1v) is 6.83. The number of carbonyl (C=O) groups is 1. The van der Waals surface area contributed by atoms with Crippen molar-refractivity contribution < 1.29 is 18.7 Å². The van der Waals surface area contributed by atoms with Crippen LogP contribution >= 0.6 is 0 Å². The molecule has 1 fully saturated rings. The normalized spacial score (nSPS) is 18.6. The van der Waals surface area contributed by atoms with Crippen molar-refractivity contribution >= 4 is 5.91 Å². The number of amides is 1. The van der Waals surface area contributed by atoms with E-state index in [0.717, 1.165) is 25.9 Å². The highest BCUT2D eigenvalue weighted by Gasteiger charge is 2.23. The number of hydrogen-bond acceptors (Lipinski definition) is 3. The number of para-hydroxylation sites is 1. The predicted octanol–water partition coefficient (Wildman–Crippen LogP) is 2.48. The van der Waals surface area contributed by atoms with Gasteiger partial charge >= 0.3 is 0 Å². The number of nitrogens with zero attached hydrogens (tertiary/aromatic N) is 1. The van der Waals surface area contributed by atoms with E-state index in [1.165, 1.54) is 19.2 Å². The van der Waals surface area contributed by atoms with Crippen molar-refractivity contribution in [3.63, 3.8) is 0 Å². The van der Waals surface area contributed by atoms with Crippen LogP contribution in [0.4, 0.5) is 4.39 Å². The van der Waals surface area contributed by atoms with E-state index in [-0.39, 0.29) is 23.3 Å². The van der Waals surface area contributed by atoms with Crippen LogP contribution < -0.4 is 4.74 Å². The molecule has 2 rings (SSSR count). The first-order valence-electron chi connectivity index (χ1n) is 6.83. The van der Waals surface area contributed by atoms with Crippen molar-refractivity contribution in [2.45, 2.75) is 25.4 Å². The Morgan fingerprint density at radius 3 is 2.95 bits per heavy atom. The molecule has 1 aromatic carbocycles. The summed E-state index contributed by atoms with van der Waals surface area (Å²) >= 11 is 0. The average Bonchev–Trinajstić information content (AvgIpc) is 2.47. The fourth-order valence-electron chi connectivity index (χ4n) is 2.43. The number of rotatable bonds is 4. The summed E-state index contributed by atoms with van der Waals surface area (Å²) in [6.07, 6.45) is 3.22. The molecule has 5 heteroatoms. The quantitative estimate of drug-likeness (QED) is 0.851. The molecule has 4 nitrogen and oxygen atoms in total. The van der Waals surface area contributed by atoms with E-state index in [2.05, 4.69) is 0 Å². The molecule has 1 saturated heterocycles. The molecular formula is C15H20FNO3. The van der Waals surface area contributed by atoms with E-state index < -0.39 is 5.82 Å². The van der Waals surface area contributed by atoms with Crippen LogP contribution in [0.25, 0.3) is 0 Å². The van der Waals surface area contributed by atoms with Gasteiger partial charge in [-0.1, -0.05) is 6.07 Å². The van der Waals surface area contributed by atoms with E-state index in [0.29, 0.717) is 6.54 Å². The summed E-state index contributed by atoms with van der Waals surface area (Å²) < 4.78 is 24.2. The van der Waals surface area contributed by atoms with Crippen LogP contribution in [0.15, 0.2) is 18.2 Å². The maximum atomic E-state index is 13.6. The van der Waals surface area contributed by atoms with Crippen LogP contribution in [0.1, 0.15) is 29.6 Å². The highest BCUT2D eigenvalue weighted by atomic mass is 19.1. The molecule has 0 radical (unpaired) electrons. The minimum absolute atomic E-state index is 0.00564. The summed E-state index contributed by atoms with van der Waals surface area (Å²) in [5.74, 6) is -0.787. The topological polar surface area (TPSA) is 38.8 Å². The van der Waals surface area contributed by atoms with Gasteiger partial charge in [0.25, 0.3) is 5.91 Å². The second-order valence-corrected chi connectivity index (χ2v) is 4.99. The van der Waals surface area contributed by atoms with Gasteiger partial charge in [-0.3, -0.25) is 4.79 Å². The van der Waals surface area contributed by atoms with Crippen LogP contribution in [0, 0.1) is 5.82 Å². The number of halogens is 1. The fraction of sp³-hybridized carbons (Fsp3) is 0.533. The van der Waals surface area contributed by atoms with Crippen LogP contribution in [-0.4, -0.2) is 44.2 Å².